The van der Waals surface area contributed by atoms with Gasteiger partial charge in [0, 0.05) is 36.9 Å². The Hall–Kier alpha value is -4.67. The van der Waals surface area contributed by atoms with E-state index < -0.39 is 0 Å². The molecule has 2 aromatic heterocycles. The maximum Gasteiger partial charge on any atom is 0.164 e. The van der Waals surface area contributed by atoms with Gasteiger partial charge in [0.1, 0.15) is 0 Å². The van der Waals surface area contributed by atoms with Crippen LogP contribution in [0.1, 0.15) is 0 Å². The van der Waals surface area contributed by atoms with E-state index in [9.17, 15) is 0 Å². The molecule has 0 spiro atoms. The predicted octanol–water partition coefficient (Wildman–Crippen LogP) is 8.91. The Morgan fingerprint density at radius 1 is 0.405 bits per heavy atom. The highest BCUT2D eigenvalue weighted by Gasteiger charge is 2.17. The lowest BCUT2D eigenvalue weighted by molar-refractivity contribution is 1.08. The van der Waals surface area contributed by atoms with Gasteiger partial charge in [-0.15, -0.1) is 11.3 Å². The first-order valence-corrected chi connectivity index (χ1v) is 13.0. The zero-order valence-corrected chi connectivity index (χ0v) is 20.7. The van der Waals surface area contributed by atoms with Crippen LogP contribution in [0.5, 0.6) is 0 Å². The number of rotatable bonds is 4. The predicted molar refractivity (Wildman–Crippen MR) is 154 cm³/mol. The Labute approximate surface area is 218 Å². The summed E-state index contributed by atoms with van der Waals surface area (Å²) < 4.78 is 2.48. The van der Waals surface area contributed by atoms with Crippen LogP contribution in [0.3, 0.4) is 0 Å². The van der Waals surface area contributed by atoms with Gasteiger partial charge in [-0.1, -0.05) is 109 Å². The molecule has 0 fully saturated rings. The standard InChI is InChI=1S/C33H21N3S/c1-4-11-22(12-5-1)25-19-20-28-27(21-25)30-26(17-10-18-29(30)37-28)33-35-31(23-13-6-2-7-14-23)34-32(36-33)24-15-8-3-9-16-24/h1-21H. The van der Waals surface area contributed by atoms with Crippen LogP contribution in [0.4, 0.5) is 0 Å². The van der Waals surface area contributed by atoms with Gasteiger partial charge in [0.05, 0.1) is 0 Å². The Morgan fingerprint density at radius 2 is 0.973 bits per heavy atom. The average molecular weight is 492 g/mol. The molecule has 0 aliphatic rings. The lowest BCUT2D eigenvalue weighted by Crippen LogP contribution is -2.00. The van der Waals surface area contributed by atoms with Gasteiger partial charge in [-0.3, -0.25) is 0 Å². The highest BCUT2D eigenvalue weighted by Crippen LogP contribution is 2.41. The van der Waals surface area contributed by atoms with Crippen molar-refractivity contribution in [1.82, 2.24) is 15.0 Å². The van der Waals surface area contributed by atoms with Crippen LogP contribution in [0.15, 0.2) is 127 Å². The van der Waals surface area contributed by atoms with E-state index >= 15 is 0 Å². The molecule has 0 saturated carbocycles. The zero-order valence-electron chi connectivity index (χ0n) is 19.9. The van der Waals surface area contributed by atoms with E-state index in [4.69, 9.17) is 15.0 Å². The second-order valence-corrected chi connectivity index (χ2v) is 9.98. The molecule has 2 heterocycles. The summed E-state index contributed by atoms with van der Waals surface area (Å²) in [4.78, 5) is 14.9. The van der Waals surface area contributed by atoms with E-state index in [-0.39, 0.29) is 0 Å². The second-order valence-electron chi connectivity index (χ2n) is 8.90. The molecule has 174 valence electrons. The Balaban J connectivity index is 1.49. The van der Waals surface area contributed by atoms with Crippen molar-refractivity contribution in [3.05, 3.63) is 127 Å². The number of benzene rings is 5. The van der Waals surface area contributed by atoms with Gasteiger partial charge in [-0.25, -0.2) is 15.0 Å². The third kappa shape index (κ3) is 3.98. The smallest absolute Gasteiger partial charge is 0.164 e. The Kier molecular flexibility index (Phi) is 5.30. The molecule has 5 aromatic carbocycles. The van der Waals surface area contributed by atoms with Crippen LogP contribution in [-0.2, 0) is 0 Å². The molecule has 0 radical (unpaired) electrons. The van der Waals surface area contributed by atoms with Crippen molar-refractivity contribution in [3.63, 3.8) is 0 Å². The van der Waals surface area contributed by atoms with Gasteiger partial charge in [0.15, 0.2) is 17.5 Å². The summed E-state index contributed by atoms with van der Waals surface area (Å²) in [5.41, 5.74) is 5.37. The van der Waals surface area contributed by atoms with Crippen LogP contribution in [0, 0.1) is 0 Å². The second kappa shape index (κ2) is 9.08. The van der Waals surface area contributed by atoms with Crippen molar-refractivity contribution in [3.8, 4) is 45.3 Å². The van der Waals surface area contributed by atoms with Gasteiger partial charge in [0.25, 0.3) is 0 Å². The molecule has 0 saturated heterocycles. The first-order valence-electron chi connectivity index (χ1n) is 12.2. The van der Waals surface area contributed by atoms with Crippen LogP contribution < -0.4 is 0 Å². The fraction of sp³-hybridized carbons (Fsp3) is 0. The van der Waals surface area contributed by atoms with Crippen LogP contribution in [-0.4, -0.2) is 15.0 Å². The lowest BCUT2D eigenvalue weighted by Gasteiger charge is -2.09. The first-order chi connectivity index (χ1) is 18.3. The molecule has 0 bridgehead atoms. The summed E-state index contributed by atoms with van der Waals surface area (Å²) in [5.74, 6) is 2.03. The van der Waals surface area contributed by atoms with Gasteiger partial charge < -0.3 is 0 Å². The zero-order chi connectivity index (χ0) is 24.6. The summed E-state index contributed by atoms with van der Waals surface area (Å²) >= 11 is 1.80. The molecule has 0 N–H and O–H groups in total. The van der Waals surface area contributed by atoms with Crippen molar-refractivity contribution >= 4 is 31.5 Å². The molecule has 0 aliphatic heterocycles. The number of nitrogens with zero attached hydrogens (tertiary/aromatic N) is 3. The van der Waals surface area contributed by atoms with Crippen molar-refractivity contribution in [1.29, 1.82) is 0 Å². The van der Waals surface area contributed by atoms with Gasteiger partial charge in [-0.2, -0.15) is 0 Å². The summed E-state index contributed by atoms with van der Waals surface area (Å²) in [5, 5.41) is 2.41. The summed E-state index contributed by atoms with van der Waals surface area (Å²) in [6, 6.07) is 43.9. The third-order valence-corrected chi connectivity index (χ3v) is 7.68. The number of fused-ring (bicyclic) bond motifs is 3. The lowest BCUT2D eigenvalue weighted by atomic mass is 10.0. The minimum atomic E-state index is 0.672. The molecular weight excluding hydrogens is 470 g/mol. The van der Waals surface area contributed by atoms with Crippen LogP contribution >= 0.6 is 11.3 Å². The molecule has 37 heavy (non-hydrogen) atoms. The molecule has 7 rings (SSSR count). The van der Waals surface area contributed by atoms with Crippen molar-refractivity contribution in [2.24, 2.45) is 0 Å². The first kappa shape index (κ1) is 21.6. The highest BCUT2D eigenvalue weighted by molar-refractivity contribution is 7.25. The molecule has 0 unspecified atom stereocenters. The van der Waals surface area contributed by atoms with E-state index in [2.05, 4.69) is 66.7 Å². The summed E-state index contributed by atoms with van der Waals surface area (Å²) in [6.07, 6.45) is 0. The maximum atomic E-state index is 5.00. The van der Waals surface area contributed by atoms with Gasteiger partial charge in [-0.05, 0) is 29.3 Å². The molecule has 0 amide bonds. The van der Waals surface area contributed by atoms with Crippen molar-refractivity contribution in [2.45, 2.75) is 0 Å². The minimum absolute atomic E-state index is 0.672. The van der Waals surface area contributed by atoms with E-state index in [0.29, 0.717) is 17.5 Å². The molecular formula is C33H21N3S. The minimum Gasteiger partial charge on any atom is -0.208 e. The molecule has 7 aromatic rings. The SMILES string of the molecule is c1ccc(-c2ccc3sc4cccc(-c5nc(-c6ccccc6)nc(-c6ccccc6)n5)c4c3c2)cc1. The molecule has 3 nitrogen and oxygen atoms in total. The molecule has 0 aliphatic carbocycles. The molecule has 4 heteroatoms. The van der Waals surface area contributed by atoms with E-state index in [1.165, 1.54) is 31.3 Å². The maximum absolute atomic E-state index is 5.00. The van der Waals surface area contributed by atoms with Gasteiger partial charge >= 0.3 is 0 Å². The summed E-state index contributed by atoms with van der Waals surface area (Å²) in [7, 11) is 0. The number of aromatic nitrogens is 3. The molecule has 0 atom stereocenters. The van der Waals surface area contributed by atoms with E-state index in [0.717, 1.165) is 16.7 Å². The average Bonchev–Trinajstić information content (AvgIpc) is 3.36. The Morgan fingerprint density at radius 3 is 1.59 bits per heavy atom. The highest BCUT2D eigenvalue weighted by atomic mass is 32.1. The van der Waals surface area contributed by atoms with Crippen LogP contribution in [0.2, 0.25) is 0 Å². The van der Waals surface area contributed by atoms with Crippen molar-refractivity contribution < 1.29 is 0 Å². The quantitative estimate of drug-likeness (QED) is 0.247. The van der Waals surface area contributed by atoms with Crippen molar-refractivity contribution in [2.75, 3.05) is 0 Å². The normalized spacial score (nSPS) is 11.2. The van der Waals surface area contributed by atoms with Gasteiger partial charge in [0.2, 0.25) is 0 Å². The number of hydrogen-bond acceptors (Lipinski definition) is 4. The summed E-state index contributed by atoms with van der Waals surface area (Å²) in [6.45, 7) is 0. The number of hydrogen-bond donors (Lipinski definition) is 0. The largest absolute Gasteiger partial charge is 0.208 e. The third-order valence-electron chi connectivity index (χ3n) is 6.54. The van der Waals surface area contributed by atoms with E-state index in [1.807, 2.05) is 60.7 Å². The topological polar surface area (TPSA) is 38.7 Å². The fourth-order valence-corrected chi connectivity index (χ4v) is 5.86. The number of thiophene rings is 1. The van der Waals surface area contributed by atoms with E-state index in [1.54, 1.807) is 11.3 Å². The fourth-order valence-electron chi connectivity index (χ4n) is 4.75. The van der Waals surface area contributed by atoms with Crippen LogP contribution in [0.25, 0.3) is 65.5 Å². The Bertz CT molecular complexity index is 1800. The monoisotopic (exact) mass is 491 g/mol.